The van der Waals surface area contributed by atoms with Gasteiger partial charge in [-0.3, -0.25) is 9.59 Å². The van der Waals surface area contributed by atoms with Crippen molar-refractivity contribution in [2.75, 3.05) is 13.2 Å². The summed E-state index contributed by atoms with van der Waals surface area (Å²) in [5.41, 5.74) is -1.46. The highest BCUT2D eigenvalue weighted by molar-refractivity contribution is 5.86. The van der Waals surface area contributed by atoms with Crippen LogP contribution in [0, 0.1) is 5.41 Å². The van der Waals surface area contributed by atoms with Crippen LogP contribution in [0.5, 0.6) is 0 Å². The third kappa shape index (κ3) is 1.91. The zero-order chi connectivity index (χ0) is 11.8. The number of amides is 1. The molecule has 1 heterocycles. The van der Waals surface area contributed by atoms with Gasteiger partial charge < -0.3 is 15.2 Å². The zero-order valence-corrected chi connectivity index (χ0v) is 9.41. The molecule has 2 fully saturated rings. The SMILES string of the molecule is CC1(C(=O)NCC2(C(=O)O)CC2)CCCO1. The normalized spacial score (nSPS) is 31.1. The molecule has 5 nitrogen and oxygen atoms in total. The molecule has 0 spiro atoms. The number of carboxylic acids is 1. The molecule has 1 aliphatic heterocycles. The van der Waals surface area contributed by atoms with Gasteiger partial charge in [0.25, 0.3) is 5.91 Å². The molecule has 0 radical (unpaired) electrons. The molecule has 1 atom stereocenters. The third-order valence-electron chi connectivity index (χ3n) is 3.59. The van der Waals surface area contributed by atoms with Crippen molar-refractivity contribution in [2.24, 2.45) is 5.41 Å². The molecular formula is C11H17NO4. The van der Waals surface area contributed by atoms with Gasteiger partial charge >= 0.3 is 5.97 Å². The van der Waals surface area contributed by atoms with Gasteiger partial charge in [0.1, 0.15) is 5.60 Å². The largest absolute Gasteiger partial charge is 0.481 e. The van der Waals surface area contributed by atoms with E-state index in [1.165, 1.54) is 0 Å². The van der Waals surface area contributed by atoms with Gasteiger partial charge in [0.05, 0.1) is 5.41 Å². The molecular weight excluding hydrogens is 210 g/mol. The first-order valence-corrected chi connectivity index (χ1v) is 5.64. The summed E-state index contributed by atoms with van der Waals surface area (Å²) in [6, 6.07) is 0. The maximum Gasteiger partial charge on any atom is 0.311 e. The molecule has 16 heavy (non-hydrogen) atoms. The summed E-state index contributed by atoms with van der Waals surface area (Å²) in [5, 5.41) is 11.7. The standard InChI is InChI=1S/C11H17NO4/c1-10(3-2-6-16-10)8(13)12-7-11(4-5-11)9(14)15/h2-7H2,1H3,(H,12,13)(H,14,15). The number of carboxylic acid groups (broad SMARTS) is 1. The van der Waals surface area contributed by atoms with E-state index in [9.17, 15) is 9.59 Å². The van der Waals surface area contributed by atoms with Crippen LogP contribution in [0.25, 0.3) is 0 Å². The van der Waals surface area contributed by atoms with Crippen molar-refractivity contribution in [2.45, 2.75) is 38.2 Å². The highest BCUT2D eigenvalue weighted by Gasteiger charge is 2.51. The lowest BCUT2D eigenvalue weighted by Gasteiger charge is -2.23. The Morgan fingerprint density at radius 2 is 2.06 bits per heavy atom. The van der Waals surface area contributed by atoms with Crippen LogP contribution in [0.1, 0.15) is 32.6 Å². The summed E-state index contributed by atoms with van der Waals surface area (Å²) in [5.74, 6) is -0.997. The zero-order valence-electron chi connectivity index (χ0n) is 9.41. The molecule has 0 aromatic rings. The fraction of sp³-hybridized carbons (Fsp3) is 0.818. The number of nitrogens with one attached hydrogen (secondary N) is 1. The Morgan fingerprint density at radius 1 is 1.38 bits per heavy atom. The minimum Gasteiger partial charge on any atom is -0.481 e. The van der Waals surface area contributed by atoms with E-state index >= 15 is 0 Å². The molecule has 1 unspecified atom stereocenters. The fourth-order valence-electron chi connectivity index (χ4n) is 2.01. The monoisotopic (exact) mass is 227 g/mol. The average Bonchev–Trinajstić information content (AvgIpc) is 2.92. The number of hydrogen-bond acceptors (Lipinski definition) is 3. The number of ether oxygens (including phenoxy) is 1. The number of carbonyl (C=O) groups is 2. The highest BCUT2D eigenvalue weighted by Crippen LogP contribution is 2.45. The van der Waals surface area contributed by atoms with Crippen molar-refractivity contribution < 1.29 is 19.4 Å². The molecule has 1 amide bonds. The van der Waals surface area contributed by atoms with Crippen LogP contribution in [0.4, 0.5) is 0 Å². The lowest BCUT2D eigenvalue weighted by atomic mass is 10.0. The van der Waals surface area contributed by atoms with Crippen molar-refractivity contribution in [1.82, 2.24) is 5.32 Å². The van der Waals surface area contributed by atoms with Crippen LogP contribution >= 0.6 is 0 Å². The molecule has 1 saturated carbocycles. The lowest BCUT2D eigenvalue weighted by Crippen LogP contribution is -2.46. The van der Waals surface area contributed by atoms with E-state index in [0.29, 0.717) is 25.9 Å². The molecule has 0 bridgehead atoms. The molecule has 2 N–H and O–H groups in total. The van der Waals surface area contributed by atoms with Crippen LogP contribution in [0.3, 0.4) is 0 Å². The second-order valence-corrected chi connectivity index (χ2v) is 4.95. The summed E-state index contributed by atoms with van der Waals surface area (Å²) in [6.07, 6.45) is 2.90. The van der Waals surface area contributed by atoms with Crippen molar-refractivity contribution in [1.29, 1.82) is 0 Å². The second-order valence-electron chi connectivity index (χ2n) is 4.95. The average molecular weight is 227 g/mol. The predicted octanol–water partition coefficient (Wildman–Crippen LogP) is 0.536. The highest BCUT2D eigenvalue weighted by atomic mass is 16.5. The number of aliphatic carboxylic acids is 1. The van der Waals surface area contributed by atoms with Crippen molar-refractivity contribution in [3.05, 3.63) is 0 Å². The molecule has 0 aromatic carbocycles. The van der Waals surface area contributed by atoms with Gasteiger partial charge in [0.2, 0.25) is 0 Å². The predicted molar refractivity (Wildman–Crippen MR) is 55.9 cm³/mol. The van der Waals surface area contributed by atoms with Crippen molar-refractivity contribution in [3.63, 3.8) is 0 Å². The van der Waals surface area contributed by atoms with Crippen LogP contribution in [0.15, 0.2) is 0 Å². The van der Waals surface area contributed by atoms with Crippen molar-refractivity contribution >= 4 is 11.9 Å². The summed E-state index contributed by atoms with van der Waals surface area (Å²) in [4.78, 5) is 22.7. The van der Waals surface area contributed by atoms with E-state index in [1.54, 1.807) is 6.92 Å². The number of rotatable bonds is 4. The third-order valence-corrected chi connectivity index (χ3v) is 3.59. The van der Waals surface area contributed by atoms with E-state index in [-0.39, 0.29) is 12.5 Å². The van der Waals surface area contributed by atoms with Gasteiger partial charge in [0.15, 0.2) is 0 Å². The number of carbonyl (C=O) groups excluding carboxylic acids is 1. The van der Waals surface area contributed by atoms with Gasteiger partial charge in [-0.25, -0.2) is 0 Å². The lowest BCUT2D eigenvalue weighted by molar-refractivity contribution is -0.144. The maximum atomic E-state index is 11.8. The van der Waals surface area contributed by atoms with E-state index in [4.69, 9.17) is 9.84 Å². The Labute approximate surface area is 94.2 Å². The van der Waals surface area contributed by atoms with Gasteiger partial charge in [-0.2, -0.15) is 0 Å². The van der Waals surface area contributed by atoms with Gasteiger partial charge in [-0.1, -0.05) is 0 Å². The van der Waals surface area contributed by atoms with Crippen LogP contribution in [0.2, 0.25) is 0 Å². The van der Waals surface area contributed by atoms with Crippen LogP contribution < -0.4 is 5.32 Å². The molecule has 5 heteroatoms. The number of hydrogen-bond donors (Lipinski definition) is 2. The van der Waals surface area contributed by atoms with Gasteiger partial charge in [-0.05, 0) is 32.6 Å². The Morgan fingerprint density at radius 3 is 2.50 bits per heavy atom. The fourth-order valence-corrected chi connectivity index (χ4v) is 2.01. The first-order valence-electron chi connectivity index (χ1n) is 5.64. The van der Waals surface area contributed by atoms with Crippen LogP contribution in [-0.4, -0.2) is 35.7 Å². The van der Waals surface area contributed by atoms with Crippen LogP contribution in [-0.2, 0) is 14.3 Å². The Balaban J connectivity index is 1.86. The second kappa shape index (κ2) is 3.73. The Kier molecular flexibility index (Phi) is 2.66. The Hall–Kier alpha value is -1.10. The summed E-state index contributed by atoms with van der Waals surface area (Å²) in [7, 11) is 0. The Bertz CT molecular complexity index is 316. The van der Waals surface area contributed by atoms with Gasteiger partial charge in [0, 0.05) is 13.2 Å². The molecule has 1 aliphatic carbocycles. The first kappa shape index (κ1) is 11.4. The molecule has 2 aliphatic rings. The molecule has 1 saturated heterocycles. The smallest absolute Gasteiger partial charge is 0.311 e. The van der Waals surface area contributed by atoms with Crippen molar-refractivity contribution in [3.8, 4) is 0 Å². The minimum absolute atomic E-state index is 0.183. The summed E-state index contributed by atoms with van der Waals surface area (Å²) in [6.45, 7) is 2.59. The quantitative estimate of drug-likeness (QED) is 0.734. The van der Waals surface area contributed by atoms with Gasteiger partial charge in [-0.15, -0.1) is 0 Å². The minimum atomic E-state index is -0.815. The van der Waals surface area contributed by atoms with E-state index < -0.39 is 17.0 Å². The van der Waals surface area contributed by atoms with E-state index in [1.807, 2.05) is 0 Å². The first-order chi connectivity index (χ1) is 7.49. The topological polar surface area (TPSA) is 75.6 Å². The molecule has 2 rings (SSSR count). The summed E-state index contributed by atoms with van der Waals surface area (Å²) >= 11 is 0. The summed E-state index contributed by atoms with van der Waals surface area (Å²) < 4.78 is 5.39. The molecule has 0 aromatic heterocycles. The van der Waals surface area contributed by atoms with E-state index in [2.05, 4.69) is 5.32 Å². The maximum absolute atomic E-state index is 11.8. The van der Waals surface area contributed by atoms with E-state index in [0.717, 1.165) is 6.42 Å². The molecule has 90 valence electrons.